The zero-order chi connectivity index (χ0) is 16.0. The summed E-state index contributed by atoms with van der Waals surface area (Å²) in [5.41, 5.74) is 1.17. The van der Waals surface area contributed by atoms with Crippen molar-refractivity contribution in [1.82, 2.24) is 10.2 Å². The molecular formula is C16H16N4O3. The molecule has 1 N–H and O–H groups in total. The Balaban J connectivity index is 1.63. The number of hydrogen-bond donors (Lipinski definition) is 1. The summed E-state index contributed by atoms with van der Waals surface area (Å²) in [5.74, 6) is 3.05. The number of fused-ring (bicyclic) bond motifs is 3. The molecule has 0 aromatic carbocycles. The second kappa shape index (κ2) is 5.12. The maximum Gasteiger partial charge on any atom is 0.256 e. The minimum absolute atomic E-state index is 0.215. The predicted molar refractivity (Wildman–Crippen MR) is 84.3 cm³/mol. The summed E-state index contributed by atoms with van der Waals surface area (Å²) in [6.07, 6.45) is 1.70. The highest BCUT2D eigenvalue weighted by atomic mass is 16.4. The van der Waals surface area contributed by atoms with E-state index in [1.807, 2.05) is 24.0 Å². The Kier molecular flexibility index (Phi) is 3.07. The van der Waals surface area contributed by atoms with Crippen LogP contribution >= 0.6 is 0 Å². The minimum Gasteiger partial charge on any atom is -0.465 e. The van der Waals surface area contributed by atoms with Gasteiger partial charge in [-0.2, -0.15) is 0 Å². The fraction of sp³-hybridized carbons (Fsp3) is 0.312. The highest BCUT2D eigenvalue weighted by Gasteiger charge is 2.33. The Hall–Kier alpha value is -2.83. The van der Waals surface area contributed by atoms with Gasteiger partial charge in [-0.15, -0.1) is 0 Å². The van der Waals surface area contributed by atoms with Gasteiger partial charge < -0.3 is 19.1 Å². The first-order chi connectivity index (χ1) is 11.1. The molecule has 2 aromatic rings. The summed E-state index contributed by atoms with van der Waals surface area (Å²) >= 11 is 0. The Morgan fingerprint density at radius 2 is 2.22 bits per heavy atom. The second-order valence-corrected chi connectivity index (χ2v) is 5.55. The van der Waals surface area contributed by atoms with Gasteiger partial charge >= 0.3 is 0 Å². The van der Waals surface area contributed by atoms with E-state index in [9.17, 15) is 4.79 Å². The van der Waals surface area contributed by atoms with Crippen LogP contribution < -0.4 is 5.32 Å². The van der Waals surface area contributed by atoms with Crippen molar-refractivity contribution < 1.29 is 13.6 Å². The van der Waals surface area contributed by atoms with E-state index in [1.165, 1.54) is 0 Å². The molecule has 0 saturated heterocycles. The van der Waals surface area contributed by atoms with Gasteiger partial charge in [-0.1, -0.05) is 0 Å². The van der Waals surface area contributed by atoms with Gasteiger partial charge in [0, 0.05) is 6.54 Å². The average Bonchev–Trinajstić information content (AvgIpc) is 3.21. The molecule has 2 aromatic heterocycles. The lowest BCUT2D eigenvalue weighted by Gasteiger charge is -2.18. The summed E-state index contributed by atoms with van der Waals surface area (Å²) in [4.78, 5) is 23.3. The molecular weight excluding hydrogens is 296 g/mol. The molecule has 1 amide bonds. The van der Waals surface area contributed by atoms with Crippen molar-refractivity contribution in [2.45, 2.75) is 20.4 Å². The predicted octanol–water partition coefficient (Wildman–Crippen LogP) is 2.16. The molecule has 0 bridgehead atoms. The smallest absolute Gasteiger partial charge is 0.256 e. The van der Waals surface area contributed by atoms with E-state index in [-0.39, 0.29) is 5.91 Å². The van der Waals surface area contributed by atoms with E-state index in [2.05, 4.69) is 15.3 Å². The molecule has 2 aliphatic heterocycles. The van der Waals surface area contributed by atoms with Crippen LogP contribution in [0.1, 0.15) is 33.2 Å². The van der Waals surface area contributed by atoms with Gasteiger partial charge in [-0.05, 0) is 26.0 Å². The Labute approximate surface area is 132 Å². The number of hydrogen-bond acceptors (Lipinski definition) is 6. The van der Waals surface area contributed by atoms with Gasteiger partial charge in [0.25, 0.3) is 5.91 Å². The summed E-state index contributed by atoms with van der Waals surface area (Å²) in [6, 6.07) is 3.71. The highest BCUT2D eigenvalue weighted by molar-refractivity contribution is 6.17. The first-order valence-corrected chi connectivity index (χ1v) is 7.46. The van der Waals surface area contributed by atoms with E-state index in [1.54, 1.807) is 13.3 Å². The Morgan fingerprint density at radius 3 is 3.00 bits per heavy atom. The van der Waals surface area contributed by atoms with Crippen LogP contribution in [0.15, 0.2) is 31.0 Å². The van der Waals surface area contributed by atoms with Crippen molar-refractivity contribution in [3.05, 3.63) is 40.5 Å². The van der Waals surface area contributed by atoms with Crippen LogP contribution in [-0.2, 0) is 6.54 Å². The molecule has 0 fully saturated rings. The third kappa shape index (κ3) is 2.25. The molecule has 0 unspecified atom stereocenters. The van der Waals surface area contributed by atoms with E-state index in [0.717, 1.165) is 18.1 Å². The van der Waals surface area contributed by atoms with Crippen LogP contribution in [-0.4, -0.2) is 36.1 Å². The number of furan rings is 2. The van der Waals surface area contributed by atoms with E-state index in [0.29, 0.717) is 41.6 Å². The number of nitrogens with one attached hydrogen (secondary N) is 1. The molecule has 0 saturated carbocycles. The van der Waals surface area contributed by atoms with Gasteiger partial charge in [0.05, 0.1) is 24.2 Å². The topological polar surface area (TPSA) is 83.3 Å². The first-order valence-electron chi connectivity index (χ1n) is 7.46. The molecule has 0 radical (unpaired) electrons. The van der Waals surface area contributed by atoms with Crippen molar-refractivity contribution >= 4 is 24.0 Å². The summed E-state index contributed by atoms with van der Waals surface area (Å²) in [5, 5.41) is 2.87. The fourth-order valence-electron chi connectivity index (χ4n) is 2.86. The number of aliphatic imine (C=N–C) groups is 2. The lowest BCUT2D eigenvalue weighted by molar-refractivity contribution is 0.0946. The number of amides is 1. The zero-order valence-electron chi connectivity index (χ0n) is 12.9. The molecule has 0 atom stereocenters. The van der Waals surface area contributed by atoms with Crippen LogP contribution in [0.5, 0.6) is 0 Å². The van der Waals surface area contributed by atoms with Crippen molar-refractivity contribution in [2.24, 2.45) is 9.98 Å². The lowest BCUT2D eigenvalue weighted by Crippen LogP contribution is -2.32. The van der Waals surface area contributed by atoms with Gasteiger partial charge in [0.2, 0.25) is 5.88 Å². The lowest BCUT2D eigenvalue weighted by atomic mass is 10.1. The Morgan fingerprint density at radius 1 is 1.35 bits per heavy atom. The van der Waals surface area contributed by atoms with Crippen LogP contribution in [0.3, 0.4) is 0 Å². The van der Waals surface area contributed by atoms with E-state index >= 15 is 0 Å². The van der Waals surface area contributed by atoms with Gasteiger partial charge in [0.15, 0.2) is 0 Å². The van der Waals surface area contributed by atoms with Gasteiger partial charge in [-0.3, -0.25) is 9.79 Å². The zero-order valence-corrected chi connectivity index (χ0v) is 12.9. The molecule has 7 nitrogen and oxygen atoms in total. The highest BCUT2D eigenvalue weighted by Crippen LogP contribution is 2.34. The normalized spacial score (nSPS) is 15.4. The molecule has 0 aliphatic carbocycles. The monoisotopic (exact) mass is 312 g/mol. The maximum atomic E-state index is 12.6. The molecule has 0 spiro atoms. The van der Waals surface area contributed by atoms with E-state index < -0.39 is 0 Å². The summed E-state index contributed by atoms with van der Waals surface area (Å²) in [6.45, 7) is 5.42. The van der Waals surface area contributed by atoms with Crippen molar-refractivity contribution in [3.8, 4) is 0 Å². The van der Waals surface area contributed by atoms with Crippen molar-refractivity contribution in [3.63, 3.8) is 0 Å². The van der Waals surface area contributed by atoms with Gasteiger partial charge in [0.1, 0.15) is 29.5 Å². The molecule has 23 heavy (non-hydrogen) atoms. The molecule has 2 aliphatic rings. The quantitative estimate of drug-likeness (QED) is 0.941. The maximum absolute atomic E-state index is 12.6. The number of carbonyl (C=O) groups excluding carboxylic acids is 1. The summed E-state index contributed by atoms with van der Waals surface area (Å²) < 4.78 is 11.1. The number of rotatable bonds is 3. The van der Waals surface area contributed by atoms with Crippen LogP contribution in [0.2, 0.25) is 0 Å². The van der Waals surface area contributed by atoms with Crippen LogP contribution in [0.25, 0.3) is 0 Å². The molecule has 4 heterocycles. The van der Waals surface area contributed by atoms with Crippen molar-refractivity contribution in [1.29, 1.82) is 0 Å². The van der Waals surface area contributed by atoms with E-state index in [4.69, 9.17) is 8.83 Å². The number of nitrogens with zero attached hydrogens (tertiary/aromatic N) is 3. The molecule has 118 valence electrons. The fourth-order valence-corrected chi connectivity index (χ4v) is 2.86. The number of carbonyl (C=O) groups is 1. The largest absolute Gasteiger partial charge is 0.465 e. The average molecular weight is 312 g/mol. The second-order valence-electron chi connectivity index (χ2n) is 5.55. The standard InChI is InChI=1S/C16H16N4O3/c1-9-3-4-11(22-9)7-18-15(21)12-10(2)23-16-13(12)14-17-5-6-20(14)8-19-16/h3-4,8H,5-7H2,1-2H3,(H,18,21). The summed E-state index contributed by atoms with van der Waals surface area (Å²) in [7, 11) is 0. The number of aryl methyl sites for hydroxylation is 2. The van der Waals surface area contributed by atoms with Crippen LogP contribution in [0, 0.1) is 13.8 Å². The van der Waals surface area contributed by atoms with Crippen LogP contribution in [0.4, 0.5) is 5.88 Å². The van der Waals surface area contributed by atoms with Crippen molar-refractivity contribution in [2.75, 3.05) is 13.1 Å². The minimum atomic E-state index is -0.215. The number of amidine groups is 1. The first kappa shape index (κ1) is 13.8. The third-order valence-electron chi connectivity index (χ3n) is 3.92. The molecule has 7 heteroatoms. The SMILES string of the molecule is Cc1ccc(CNC(=O)c2c(C)oc3c2C2=NCCN2C=N3)o1. The molecule has 4 rings (SSSR count). The Bertz CT molecular complexity index is 844. The third-order valence-corrected chi connectivity index (χ3v) is 3.92. The van der Waals surface area contributed by atoms with Gasteiger partial charge in [-0.25, -0.2) is 4.99 Å².